The van der Waals surface area contributed by atoms with E-state index in [1.165, 1.54) is 7.11 Å². The maximum absolute atomic E-state index is 12.2. The van der Waals surface area contributed by atoms with E-state index >= 15 is 0 Å². The average molecular weight is 403 g/mol. The van der Waals surface area contributed by atoms with E-state index < -0.39 is 23.7 Å². The Bertz CT molecular complexity index is 854. The molecule has 1 heterocycles. The molecule has 0 aliphatic carbocycles. The molecular weight excluding hydrogens is 374 g/mol. The maximum atomic E-state index is 12.2. The van der Waals surface area contributed by atoms with Crippen molar-refractivity contribution in [2.75, 3.05) is 14.2 Å². The van der Waals surface area contributed by atoms with Crippen molar-refractivity contribution in [1.82, 2.24) is 14.9 Å². The molecule has 0 aliphatic rings. The average Bonchev–Trinajstić information content (AvgIpc) is 3.05. The molecule has 0 unspecified atom stereocenters. The summed E-state index contributed by atoms with van der Waals surface area (Å²) in [6, 6.07) is 5.05. The van der Waals surface area contributed by atoms with Crippen LogP contribution in [0.25, 0.3) is 0 Å². The van der Waals surface area contributed by atoms with E-state index in [-0.39, 0.29) is 6.42 Å². The van der Waals surface area contributed by atoms with Gasteiger partial charge in [0.05, 0.1) is 20.5 Å². The zero-order chi connectivity index (χ0) is 21.6. The predicted molar refractivity (Wildman–Crippen MR) is 108 cm³/mol. The van der Waals surface area contributed by atoms with Crippen LogP contribution in [0.4, 0.5) is 4.79 Å². The molecule has 0 aliphatic heterocycles. The van der Waals surface area contributed by atoms with Crippen molar-refractivity contribution in [1.29, 1.82) is 0 Å². The highest BCUT2D eigenvalue weighted by Crippen LogP contribution is 2.19. The van der Waals surface area contributed by atoms with Crippen LogP contribution in [0, 0.1) is 6.92 Å². The predicted octanol–water partition coefficient (Wildman–Crippen LogP) is 2.86. The number of carbonyl (C=O) groups excluding carboxylic acids is 2. The lowest BCUT2D eigenvalue weighted by molar-refractivity contribution is -0.143. The largest absolute Gasteiger partial charge is 0.496 e. The highest BCUT2D eigenvalue weighted by atomic mass is 16.6. The number of hydrogen-bond donors (Lipinski definition) is 1. The molecular formula is C21H29N3O5. The first-order valence-electron chi connectivity index (χ1n) is 9.33. The fraction of sp³-hybridized carbons (Fsp3) is 0.476. The van der Waals surface area contributed by atoms with E-state index in [2.05, 4.69) is 10.3 Å². The van der Waals surface area contributed by atoms with E-state index in [4.69, 9.17) is 14.2 Å². The smallest absolute Gasteiger partial charge is 0.408 e. The van der Waals surface area contributed by atoms with Gasteiger partial charge in [0.1, 0.15) is 17.4 Å². The maximum Gasteiger partial charge on any atom is 0.408 e. The summed E-state index contributed by atoms with van der Waals surface area (Å²) in [4.78, 5) is 28.5. The number of methoxy groups -OCH3 is 2. The highest BCUT2D eigenvalue weighted by molar-refractivity contribution is 5.81. The second kappa shape index (κ2) is 9.45. The van der Waals surface area contributed by atoms with Crippen molar-refractivity contribution in [3.63, 3.8) is 0 Å². The Morgan fingerprint density at radius 1 is 1.24 bits per heavy atom. The number of esters is 1. The Labute approximate surface area is 171 Å². The number of nitrogens with zero attached hydrogens (tertiary/aromatic N) is 2. The first-order valence-corrected chi connectivity index (χ1v) is 9.33. The Morgan fingerprint density at radius 3 is 2.55 bits per heavy atom. The summed E-state index contributed by atoms with van der Waals surface area (Å²) in [5.74, 6) is 0.274. The summed E-state index contributed by atoms with van der Waals surface area (Å²) >= 11 is 0. The minimum Gasteiger partial charge on any atom is -0.496 e. The van der Waals surface area contributed by atoms with Crippen molar-refractivity contribution < 1.29 is 23.8 Å². The zero-order valence-electron chi connectivity index (χ0n) is 17.8. The first-order chi connectivity index (χ1) is 13.6. The Hall–Kier alpha value is -3.03. The van der Waals surface area contributed by atoms with Crippen LogP contribution < -0.4 is 10.1 Å². The number of alkyl carbamates (subject to hydrolysis) is 1. The number of imidazole rings is 1. The highest BCUT2D eigenvalue weighted by Gasteiger charge is 2.26. The Morgan fingerprint density at radius 2 is 1.97 bits per heavy atom. The van der Waals surface area contributed by atoms with Crippen LogP contribution in [-0.2, 0) is 27.2 Å². The molecule has 29 heavy (non-hydrogen) atoms. The summed E-state index contributed by atoms with van der Waals surface area (Å²) in [5.41, 5.74) is 2.21. The lowest BCUT2D eigenvalue weighted by atomic mass is 10.1. The molecule has 8 nitrogen and oxygen atoms in total. The number of nitrogens with one attached hydrogen (secondary N) is 1. The molecule has 1 atom stereocenters. The van der Waals surface area contributed by atoms with Gasteiger partial charge in [0, 0.05) is 24.9 Å². The van der Waals surface area contributed by atoms with Gasteiger partial charge in [0.15, 0.2) is 0 Å². The lowest BCUT2D eigenvalue weighted by Gasteiger charge is -2.22. The van der Waals surface area contributed by atoms with E-state index in [1.54, 1.807) is 40.4 Å². The number of ether oxygens (including phenoxy) is 3. The lowest BCUT2D eigenvalue weighted by Crippen LogP contribution is -2.45. The van der Waals surface area contributed by atoms with Crippen LogP contribution in [0.15, 0.2) is 30.7 Å². The van der Waals surface area contributed by atoms with E-state index in [1.807, 2.05) is 29.7 Å². The van der Waals surface area contributed by atoms with Gasteiger partial charge >= 0.3 is 12.1 Å². The Kier molecular flexibility index (Phi) is 7.25. The third kappa shape index (κ3) is 6.51. The third-order valence-corrected chi connectivity index (χ3v) is 4.20. The molecule has 0 fully saturated rings. The standard InChI is InChI=1S/C21H29N3O5/c1-14-9-15(7-8-18(14)27-5)12-24-13-22-11-16(24)10-17(19(25)28-6)23-20(26)29-21(2,3)4/h7-9,11,13,17H,10,12H2,1-6H3,(H,23,26)/t17-/m0/s1. The summed E-state index contributed by atoms with van der Waals surface area (Å²) in [6.45, 7) is 7.82. The summed E-state index contributed by atoms with van der Waals surface area (Å²) < 4.78 is 17.3. The van der Waals surface area contributed by atoms with Crippen molar-refractivity contribution in [3.05, 3.63) is 47.5 Å². The van der Waals surface area contributed by atoms with Gasteiger partial charge in [-0.3, -0.25) is 0 Å². The van der Waals surface area contributed by atoms with Gasteiger partial charge in [-0.25, -0.2) is 14.6 Å². The van der Waals surface area contributed by atoms with Crippen LogP contribution in [0.5, 0.6) is 5.75 Å². The van der Waals surface area contributed by atoms with Crippen molar-refractivity contribution >= 4 is 12.1 Å². The molecule has 1 aromatic carbocycles. The van der Waals surface area contributed by atoms with Crippen LogP contribution in [0.3, 0.4) is 0 Å². The molecule has 0 radical (unpaired) electrons. The summed E-state index contributed by atoms with van der Waals surface area (Å²) in [6.07, 6.45) is 2.91. The van der Waals surface area contributed by atoms with Crippen LogP contribution in [0.2, 0.25) is 0 Å². The SMILES string of the molecule is COC(=O)[C@H](Cc1cncn1Cc1ccc(OC)c(C)c1)NC(=O)OC(C)(C)C. The van der Waals surface area contributed by atoms with E-state index in [9.17, 15) is 9.59 Å². The Balaban J connectivity index is 2.15. The van der Waals surface area contributed by atoms with E-state index in [0.717, 1.165) is 22.6 Å². The van der Waals surface area contributed by atoms with Crippen LogP contribution in [-0.4, -0.2) is 47.5 Å². The second-order valence-electron chi connectivity index (χ2n) is 7.74. The minimum atomic E-state index is -0.886. The number of benzene rings is 1. The molecule has 0 saturated carbocycles. The van der Waals surface area contributed by atoms with Gasteiger partial charge in [-0.1, -0.05) is 12.1 Å². The summed E-state index contributed by atoms with van der Waals surface area (Å²) in [5, 5.41) is 2.58. The van der Waals surface area contributed by atoms with Gasteiger partial charge in [-0.05, 0) is 44.9 Å². The topological polar surface area (TPSA) is 91.7 Å². The molecule has 1 amide bonds. The van der Waals surface area contributed by atoms with Crippen molar-refractivity contribution in [3.8, 4) is 5.75 Å². The molecule has 0 saturated heterocycles. The van der Waals surface area contributed by atoms with Crippen molar-refractivity contribution in [2.24, 2.45) is 0 Å². The van der Waals surface area contributed by atoms with Crippen molar-refractivity contribution in [2.45, 2.75) is 52.3 Å². The molecule has 158 valence electrons. The number of aryl methyl sites for hydroxylation is 1. The monoisotopic (exact) mass is 403 g/mol. The fourth-order valence-electron chi connectivity index (χ4n) is 2.89. The van der Waals surface area contributed by atoms with Gasteiger partial charge < -0.3 is 24.1 Å². The molecule has 1 N–H and O–H groups in total. The minimum absolute atomic E-state index is 0.223. The molecule has 0 spiro atoms. The number of carbonyl (C=O) groups is 2. The zero-order valence-corrected chi connectivity index (χ0v) is 17.8. The number of aromatic nitrogens is 2. The van der Waals surface area contributed by atoms with Gasteiger partial charge in [-0.2, -0.15) is 0 Å². The molecule has 8 heteroatoms. The summed E-state index contributed by atoms with van der Waals surface area (Å²) in [7, 11) is 2.92. The quantitative estimate of drug-likeness (QED) is 0.715. The fourth-order valence-corrected chi connectivity index (χ4v) is 2.89. The van der Waals surface area contributed by atoms with Gasteiger partial charge in [-0.15, -0.1) is 0 Å². The number of rotatable bonds is 7. The van der Waals surface area contributed by atoms with E-state index in [0.29, 0.717) is 6.54 Å². The first kappa shape index (κ1) is 22.3. The van der Waals surface area contributed by atoms with Crippen LogP contribution in [0.1, 0.15) is 37.6 Å². The van der Waals surface area contributed by atoms with Gasteiger partial charge in [0.2, 0.25) is 0 Å². The normalized spacial score (nSPS) is 12.2. The van der Waals surface area contributed by atoms with Gasteiger partial charge in [0.25, 0.3) is 0 Å². The molecule has 1 aromatic heterocycles. The number of amides is 1. The third-order valence-electron chi connectivity index (χ3n) is 4.20. The molecule has 2 aromatic rings. The second-order valence-corrected chi connectivity index (χ2v) is 7.74. The molecule has 0 bridgehead atoms. The van der Waals surface area contributed by atoms with Crippen LogP contribution >= 0.6 is 0 Å². The molecule has 2 rings (SSSR count). The number of hydrogen-bond acceptors (Lipinski definition) is 6.